The van der Waals surface area contributed by atoms with Gasteiger partial charge in [-0.05, 0) is 25.3 Å². The largest absolute Gasteiger partial charge is 0.352 e. The van der Waals surface area contributed by atoms with Crippen molar-refractivity contribution in [2.24, 2.45) is 5.73 Å². The first kappa shape index (κ1) is 14.9. The summed E-state index contributed by atoms with van der Waals surface area (Å²) in [6, 6.07) is -0.271. The Morgan fingerprint density at radius 3 is 3.11 bits per heavy atom. The molecular weight excluding hydrogens is 289 g/mol. The van der Waals surface area contributed by atoms with Crippen LogP contribution in [0.5, 0.6) is 0 Å². The molecule has 0 radical (unpaired) electrons. The number of thiol groups is 1. The van der Waals surface area contributed by atoms with Gasteiger partial charge < -0.3 is 20.3 Å². The molecular formula is C10H18N3O4PS. The highest BCUT2D eigenvalue weighted by Gasteiger charge is 2.34. The van der Waals surface area contributed by atoms with Gasteiger partial charge in [0, 0.05) is 6.20 Å². The predicted molar refractivity (Wildman–Crippen MR) is 73.9 cm³/mol. The van der Waals surface area contributed by atoms with Crippen LogP contribution in [0, 0.1) is 0 Å². The zero-order valence-electron chi connectivity index (χ0n) is 10.5. The number of hydrogen-bond acceptors (Lipinski definition) is 5. The van der Waals surface area contributed by atoms with Crippen LogP contribution < -0.4 is 11.1 Å². The Morgan fingerprint density at radius 2 is 2.42 bits per heavy atom. The molecule has 2 aliphatic rings. The molecule has 2 rings (SSSR count). The number of urea groups is 1. The van der Waals surface area contributed by atoms with E-state index in [2.05, 4.69) is 17.6 Å². The summed E-state index contributed by atoms with van der Waals surface area (Å²) < 4.78 is 21.4. The molecule has 3 N–H and O–H groups in total. The summed E-state index contributed by atoms with van der Waals surface area (Å²) in [7, 11) is -2.25. The topological polar surface area (TPSA) is 93.9 Å². The van der Waals surface area contributed by atoms with Crippen LogP contribution in [0.15, 0.2) is 11.8 Å². The van der Waals surface area contributed by atoms with Crippen LogP contribution in [-0.4, -0.2) is 36.0 Å². The third-order valence-electron chi connectivity index (χ3n) is 3.13. The van der Waals surface area contributed by atoms with E-state index in [-0.39, 0.29) is 25.0 Å². The average molecular weight is 307 g/mol. The maximum atomic E-state index is 11.8. The normalized spacial score (nSPS) is 33.0. The number of ether oxygens (including phenoxy) is 1. The van der Waals surface area contributed by atoms with Gasteiger partial charge >= 0.3 is 6.03 Å². The summed E-state index contributed by atoms with van der Waals surface area (Å²) in [6.45, 7) is 2.08. The number of hydrogen-bond donors (Lipinski definition) is 3. The number of nitrogens with two attached hydrogens (primary N) is 1. The second-order valence-corrected chi connectivity index (χ2v) is 6.49. The highest BCUT2D eigenvalue weighted by Crippen LogP contribution is 2.31. The van der Waals surface area contributed by atoms with Crippen LogP contribution in [-0.2, 0) is 13.8 Å². The number of carbonyl (C=O) groups excluding carboxylic acids is 1. The molecule has 4 atom stereocenters. The summed E-state index contributed by atoms with van der Waals surface area (Å²) in [6.07, 6.45) is 2.21. The molecule has 1 fully saturated rings. The van der Waals surface area contributed by atoms with Crippen LogP contribution in [0.2, 0.25) is 0 Å². The standard InChI is InChI=1S/C10H18N3O4PS/c1-6-4-13(10(14)12-9(6)11)8-3-2-7(17-8)5-16-18(15)19/h4,7-9,18H,2-3,5,11H2,1H3,(H,12,14)(H,15,19)/t7-,8+,9?/m0/s1. The van der Waals surface area contributed by atoms with Gasteiger partial charge in [0.25, 0.3) is 0 Å². The Balaban J connectivity index is 1.93. The van der Waals surface area contributed by atoms with Gasteiger partial charge in [-0.15, -0.1) is 0 Å². The molecule has 0 bridgehead atoms. The third-order valence-corrected chi connectivity index (χ3v) is 3.94. The lowest BCUT2D eigenvalue weighted by molar-refractivity contribution is -0.0325. The fourth-order valence-corrected chi connectivity index (χ4v) is 2.62. The predicted octanol–water partition coefficient (Wildman–Crippen LogP) is 1.04. The molecule has 0 saturated carbocycles. The van der Waals surface area contributed by atoms with E-state index in [1.165, 1.54) is 4.90 Å². The van der Waals surface area contributed by atoms with Crippen LogP contribution in [0.1, 0.15) is 19.8 Å². The zero-order valence-corrected chi connectivity index (χ0v) is 12.4. The van der Waals surface area contributed by atoms with Gasteiger partial charge in [-0.3, -0.25) is 9.46 Å². The summed E-state index contributed by atoms with van der Waals surface area (Å²) >= 11 is 3.70. The minimum Gasteiger partial charge on any atom is -0.352 e. The van der Waals surface area contributed by atoms with Crippen molar-refractivity contribution in [1.82, 2.24) is 10.2 Å². The molecule has 0 spiro atoms. The van der Waals surface area contributed by atoms with Crippen molar-refractivity contribution in [2.45, 2.75) is 38.3 Å². The fourth-order valence-electron chi connectivity index (χ4n) is 2.07. The van der Waals surface area contributed by atoms with E-state index in [1.54, 1.807) is 6.20 Å². The van der Waals surface area contributed by atoms with E-state index in [0.29, 0.717) is 6.42 Å². The minimum atomic E-state index is -2.25. The average Bonchev–Trinajstić information content (AvgIpc) is 2.80. The van der Waals surface area contributed by atoms with Crippen molar-refractivity contribution in [1.29, 1.82) is 0 Å². The summed E-state index contributed by atoms with van der Waals surface area (Å²) in [5.41, 5.74) is 6.57. The van der Waals surface area contributed by atoms with Gasteiger partial charge in [-0.1, -0.05) is 12.2 Å². The quantitative estimate of drug-likeness (QED) is 0.533. The number of nitrogens with zero attached hydrogens (tertiary/aromatic N) is 1. The first-order valence-electron chi connectivity index (χ1n) is 6.01. The van der Waals surface area contributed by atoms with Gasteiger partial charge in [0.1, 0.15) is 12.4 Å². The van der Waals surface area contributed by atoms with E-state index < -0.39 is 13.4 Å². The molecule has 2 aliphatic heterocycles. The van der Waals surface area contributed by atoms with Crippen LogP contribution >= 0.6 is 19.5 Å². The van der Waals surface area contributed by atoms with Crippen LogP contribution in [0.4, 0.5) is 4.79 Å². The van der Waals surface area contributed by atoms with Gasteiger partial charge in [0.05, 0.1) is 12.7 Å². The third kappa shape index (κ3) is 3.73. The highest BCUT2D eigenvalue weighted by molar-refractivity contribution is 8.39. The van der Waals surface area contributed by atoms with Crippen molar-refractivity contribution in [3.8, 4) is 0 Å². The Hall–Kier alpha value is -0.530. The molecule has 0 aromatic heterocycles. The van der Waals surface area contributed by atoms with Gasteiger partial charge in [-0.25, -0.2) is 4.79 Å². The van der Waals surface area contributed by atoms with Crippen molar-refractivity contribution < 1.29 is 18.6 Å². The molecule has 19 heavy (non-hydrogen) atoms. The molecule has 1 saturated heterocycles. The minimum absolute atomic E-state index is 0.164. The van der Waals surface area contributed by atoms with Crippen molar-refractivity contribution in [3.05, 3.63) is 11.8 Å². The number of rotatable bonds is 4. The molecule has 108 valence electrons. The highest BCUT2D eigenvalue weighted by atomic mass is 32.7. The zero-order chi connectivity index (χ0) is 14.0. The maximum absolute atomic E-state index is 11.8. The number of carbonyl (C=O) groups is 1. The smallest absolute Gasteiger partial charge is 0.325 e. The lowest BCUT2D eigenvalue weighted by atomic mass is 10.2. The van der Waals surface area contributed by atoms with Gasteiger partial charge in [-0.2, -0.15) is 0 Å². The Kier molecular flexibility index (Phi) is 4.92. The van der Waals surface area contributed by atoms with Crippen LogP contribution in [0.25, 0.3) is 0 Å². The van der Waals surface area contributed by atoms with E-state index >= 15 is 0 Å². The molecule has 9 heteroatoms. The second-order valence-electron chi connectivity index (χ2n) is 4.57. The SMILES string of the molecule is CC1=CN([C@H]2CC[C@@H](CO[PH](=O)S)O2)C(=O)NC1N. The first-order valence-corrected chi connectivity index (χ1v) is 8.62. The number of amides is 2. The van der Waals surface area contributed by atoms with E-state index in [0.717, 1.165) is 12.0 Å². The van der Waals surface area contributed by atoms with Crippen molar-refractivity contribution in [2.75, 3.05) is 6.61 Å². The lowest BCUT2D eigenvalue weighted by Crippen LogP contribution is -2.54. The molecule has 7 nitrogen and oxygen atoms in total. The Morgan fingerprint density at radius 1 is 1.68 bits per heavy atom. The summed E-state index contributed by atoms with van der Waals surface area (Å²) in [5, 5.41) is 2.65. The molecule has 2 unspecified atom stereocenters. The van der Waals surface area contributed by atoms with Gasteiger partial charge in [0.2, 0.25) is 7.23 Å². The summed E-state index contributed by atoms with van der Waals surface area (Å²) in [5.74, 6) is 0. The van der Waals surface area contributed by atoms with E-state index in [9.17, 15) is 9.36 Å². The molecule has 0 aromatic carbocycles. The Labute approximate surface area is 117 Å². The second kappa shape index (κ2) is 6.28. The van der Waals surface area contributed by atoms with E-state index in [1.807, 2.05) is 6.92 Å². The molecule has 0 aliphatic carbocycles. The molecule has 2 amide bonds. The monoisotopic (exact) mass is 307 g/mol. The molecule has 0 aromatic rings. The van der Waals surface area contributed by atoms with E-state index in [4.69, 9.17) is 15.0 Å². The van der Waals surface area contributed by atoms with Crippen LogP contribution in [0.3, 0.4) is 0 Å². The Bertz CT molecular complexity index is 420. The molecule has 2 heterocycles. The van der Waals surface area contributed by atoms with Gasteiger partial charge in [0.15, 0.2) is 0 Å². The maximum Gasteiger partial charge on any atom is 0.325 e. The van der Waals surface area contributed by atoms with Crippen molar-refractivity contribution >= 4 is 25.5 Å². The number of nitrogens with one attached hydrogen (secondary N) is 1. The fraction of sp³-hybridized carbons (Fsp3) is 0.700. The summed E-state index contributed by atoms with van der Waals surface area (Å²) in [4.78, 5) is 13.3. The van der Waals surface area contributed by atoms with Crippen molar-refractivity contribution in [3.63, 3.8) is 0 Å². The first-order chi connectivity index (χ1) is 8.97. The lowest BCUT2D eigenvalue weighted by Gasteiger charge is -2.32.